The van der Waals surface area contributed by atoms with E-state index in [4.69, 9.17) is 5.73 Å². The molecule has 5 nitrogen and oxygen atoms in total. The van der Waals surface area contributed by atoms with E-state index in [1.54, 1.807) is 0 Å². The third kappa shape index (κ3) is 1.87. The number of hydrogen-bond donors (Lipinski definition) is 3. The van der Waals surface area contributed by atoms with E-state index < -0.39 is 5.69 Å². The van der Waals surface area contributed by atoms with Crippen molar-refractivity contribution in [3.05, 3.63) is 32.1 Å². The number of nitrogens with two attached hydrogens (primary N) is 1. The summed E-state index contributed by atoms with van der Waals surface area (Å²) < 4.78 is 0. The molecular weight excluding hydrogens is 194 g/mol. The fourth-order valence-electron chi connectivity index (χ4n) is 1.97. The summed E-state index contributed by atoms with van der Waals surface area (Å²) in [7, 11) is 0. The van der Waals surface area contributed by atoms with Gasteiger partial charge in [0.1, 0.15) is 0 Å². The second-order valence-electron chi connectivity index (χ2n) is 3.97. The van der Waals surface area contributed by atoms with Gasteiger partial charge in [-0.15, -0.1) is 0 Å². The van der Waals surface area contributed by atoms with Gasteiger partial charge in [0.2, 0.25) is 0 Å². The van der Waals surface area contributed by atoms with Crippen LogP contribution in [0.5, 0.6) is 0 Å². The number of nitrogens with one attached hydrogen (secondary N) is 2. The molecule has 1 aromatic heterocycles. The molecule has 1 saturated carbocycles. The Balaban J connectivity index is 2.48. The molecule has 0 spiro atoms. The normalized spacial score (nSPS) is 16.3. The van der Waals surface area contributed by atoms with Crippen LogP contribution < -0.4 is 17.0 Å². The third-order valence-corrected chi connectivity index (χ3v) is 2.98. The fourth-order valence-corrected chi connectivity index (χ4v) is 1.97. The number of aromatic amines is 2. The first-order valence-electron chi connectivity index (χ1n) is 5.28. The smallest absolute Gasteiger partial charge is 0.325 e. The average Bonchev–Trinajstić information content (AvgIpc) is 2.08. The van der Waals surface area contributed by atoms with Crippen LogP contribution in [0.25, 0.3) is 0 Å². The van der Waals surface area contributed by atoms with E-state index in [0.717, 1.165) is 18.5 Å². The first kappa shape index (κ1) is 10.2. The monoisotopic (exact) mass is 209 g/mol. The first-order chi connectivity index (χ1) is 7.22. The van der Waals surface area contributed by atoms with Gasteiger partial charge in [-0.3, -0.25) is 9.78 Å². The predicted octanol–water partition coefficient (Wildman–Crippen LogP) is -0.168. The average molecular weight is 209 g/mol. The van der Waals surface area contributed by atoms with Gasteiger partial charge < -0.3 is 10.7 Å². The van der Waals surface area contributed by atoms with Crippen molar-refractivity contribution in [2.45, 2.75) is 31.6 Å². The van der Waals surface area contributed by atoms with Crippen LogP contribution in [-0.2, 0) is 6.42 Å². The molecule has 1 heterocycles. The highest BCUT2D eigenvalue weighted by Crippen LogP contribution is 2.35. The Bertz CT molecular complexity index is 456. The molecule has 0 unspecified atom stereocenters. The van der Waals surface area contributed by atoms with Crippen LogP contribution in [0.1, 0.15) is 36.4 Å². The minimum atomic E-state index is -0.414. The van der Waals surface area contributed by atoms with Crippen molar-refractivity contribution in [1.82, 2.24) is 9.97 Å². The van der Waals surface area contributed by atoms with Crippen LogP contribution in [0.15, 0.2) is 9.59 Å². The highest BCUT2D eigenvalue weighted by molar-refractivity contribution is 5.22. The number of hydrogen-bond acceptors (Lipinski definition) is 3. The van der Waals surface area contributed by atoms with Crippen LogP contribution in [0.4, 0.5) is 0 Å². The summed E-state index contributed by atoms with van der Waals surface area (Å²) >= 11 is 0. The molecule has 0 saturated heterocycles. The Labute approximate surface area is 86.7 Å². The Kier molecular flexibility index (Phi) is 2.73. The maximum absolute atomic E-state index is 11.6. The van der Waals surface area contributed by atoms with Gasteiger partial charge in [0.25, 0.3) is 5.56 Å². The molecule has 0 aromatic carbocycles. The van der Waals surface area contributed by atoms with Crippen LogP contribution in [-0.4, -0.2) is 16.5 Å². The Morgan fingerprint density at radius 2 is 2.00 bits per heavy atom. The topological polar surface area (TPSA) is 91.7 Å². The predicted molar refractivity (Wildman–Crippen MR) is 57.0 cm³/mol. The molecule has 4 N–H and O–H groups in total. The van der Waals surface area contributed by atoms with Crippen molar-refractivity contribution >= 4 is 0 Å². The molecule has 0 amide bonds. The van der Waals surface area contributed by atoms with Crippen LogP contribution in [0, 0.1) is 0 Å². The molecule has 15 heavy (non-hydrogen) atoms. The standard InChI is InChI=1S/C10H15N3O2/c11-5-4-7-8(6-2-1-3-6)12-10(15)13-9(7)14/h6H,1-5,11H2,(H2,12,13,14,15). The Hall–Kier alpha value is -1.36. The van der Waals surface area contributed by atoms with Crippen molar-refractivity contribution in [2.24, 2.45) is 5.73 Å². The Morgan fingerprint density at radius 3 is 2.53 bits per heavy atom. The van der Waals surface area contributed by atoms with E-state index in [-0.39, 0.29) is 5.56 Å². The lowest BCUT2D eigenvalue weighted by Crippen LogP contribution is -2.31. The van der Waals surface area contributed by atoms with Gasteiger partial charge in [0, 0.05) is 11.3 Å². The molecule has 0 aliphatic heterocycles. The molecule has 0 radical (unpaired) electrons. The molecule has 1 aliphatic carbocycles. The summed E-state index contributed by atoms with van der Waals surface area (Å²) in [6.45, 7) is 0.425. The van der Waals surface area contributed by atoms with Crippen LogP contribution >= 0.6 is 0 Å². The van der Waals surface area contributed by atoms with Crippen molar-refractivity contribution < 1.29 is 0 Å². The zero-order chi connectivity index (χ0) is 10.8. The van der Waals surface area contributed by atoms with Gasteiger partial charge in [-0.25, -0.2) is 4.79 Å². The van der Waals surface area contributed by atoms with Gasteiger partial charge in [-0.1, -0.05) is 6.42 Å². The molecular formula is C10H15N3O2. The summed E-state index contributed by atoms with van der Waals surface area (Å²) in [5.74, 6) is 0.349. The lowest BCUT2D eigenvalue weighted by molar-refractivity contribution is 0.406. The maximum Gasteiger partial charge on any atom is 0.325 e. The number of H-pyrrole nitrogens is 2. The minimum absolute atomic E-state index is 0.286. The summed E-state index contributed by atoms with van der Waals surface area (Å²) in [5, 5.41) is 0. The summed E-state index contributed by atoms with van der Waals surface area (Å²) in [4.78, 5) is 27.7. The third-order valence-electron chi connectivity index (χ3n) is 2.98. The zero-order valence-corrected chi connectivity index (χ0v) is 8.51. The van der Waals surface area contributed by atoms with Crippen LogP contribution in [0.3, 0.4) is 0 Å². The second-order valence-corrected chi connectivity index (χ2v) is 3.97. The van der Waals surface area contributed by atoms with E-state index in [1.807, 2.05) is 0 Å². The Morgan fingerprint density at radius 1 is 1.27 bits per heavy atom. The fraction of sp³-hybridized carbons (Fsp3) is 0.600. The molecule has 1 aromatic rings. The van der Waals surface area contributed by atoms with Crippen molar-refractivity contribution in [1.29, 1.82) is 0 Å². The lowest BCUT2D eigenvalue weighted by atomic mass is 9.81. The van der Waals surface area contributed by atoms with Crippen molar-refractivity contribution in [3.8, 4) is 0 Å². The van der Waals surface area contributed by atoms with Gasteiger partial charge in [0.15, 0.2) is 0 Å². The summed E-state index contributed by atoms with van der Waals surface area (Å²) in [5.41, 5.74) is 6.21. The number of rotatable bonds is 3. The minimum Gasteiger partial charge on any atom is -0.330 e. The zero-order valence-electron chi connectivity index (χ0n) is 8.51. The SMILES string of the molecule is NCCc1c(C2CCC2)[nH]c(=O)[nH]c1=O. The highest BCUT2D eigenvalue weighted by atomic mass is 16.2. The summed E-state index contributed by atoms with van der Waals surface area (Å²) in [6.07, 6.45) is 3.80. The van der Waals surface area contributed by atoms with Crippen LogP contribution in [0.2, 0.25) is 0 Å². The van der Waals surface area contributed by atoms with Crippen molar-refractivity contribution in [2.75, 3.05) is 6.54 Å². The molecule has 5 heteroatoms. The van der Waals surface area contributed by atoms with E-state index >= 15 is 0 Å². The van der Waals surface area contributed by atoms with Gasteiger partial charge in [0.05, 0.1) is 0 Å². The molecule has 1 aliphatic rings. The van der Waals surface area contributed by atoms with Gasteiger partial charge in [-0.2, -0.15) is 0 Å². The van der Waals surface area contributed by atoms with E-state index in [1.165, 1.54) is 6.42 Å². The number of aromatic nitrogens is 2. The highest BCUT2D eigenvalue weighted by Gasteiger charge is 2.24. The second kappa shape index (κ2) is 4.02. The summed E-state index contributed by atoms with van der Waals surface area (Å²) in [6, 6.07) is 0. The maximum atomic E-state index is 11.6. The van der Waals surface area contributed by atoms with E-state index in [2.05, 4.69) is 9.97 Å². The molecule has 1 fully saturated rings. The molecule has 2 rings (SSSR count). The molecule has 0 atom stereocenters. The van der Waals surface area contributed by atoms with E-state index in [0.29, 0.717) is 24.4 Å². The van der Waals surface area contributed by atoms with Gasteiger partial charge in [-0.05, 0) is 31.7 Å². The lowest BCUT2D eigenvalue weighted by Gasteiger charge is -2.26. The molecule has 82 valence electrons. The largest absolute Gasteiger partial charge is 0.330 e. The molecule has 0 bridgehead atoms. The quantitative estimate of drug-likeness (QED) is 0.645. The van der Waals surface area contributed by atoms with Crippen molar-refractivity contribution in [3.63, 3.8) is 0 Å². The van der Waals surface area contributed by atoms with Gasteiger partial charge >= 0.3 is 5.69 Å². The first-order valence-corrected chi connectivity index (χ1v) is 5.28. The van der Waals surface area contributed by atoms with E-state index in [9.17, 15) is 9.59 Å².